The summed E-state index contributed by atoms with van der Waals surface area (Å²) in [5.74, 6) is 1.11. The number of carbonyl (C=O) groups excluding carboxylic acids is 2. The normalized spacial score (nSPS) is 10.9. The number of methoxy groups -OCH3 is 2. The minimum atomic E-state index is -0.472. The molecule has 150 valence electrons. The molecule has 6 heteroatoms. The van der Waals surface area contributed by atoms with Gasteiger partial charge in [0.1, 0.15) is 0 Å². The van der Waals surface area contributed by atoms with Gasteiger partial charge in [0, 0.05) is 23.2 Å². The Kier molecular flexibility index (Phi) is 7.04. The van der Waals surface area contributed by atoms with E-state index in [1.807, 2.05) is 39.0 Å². The van der Waals surface area contributed by atoms with Crippen LogP contribution in [0.5, 0.6) is 11.5 Å². The number of hydrogen-bond acceptors (Lipinski definition) is 4. The number of rotatable bonds is 7. The van der Waals surface area contributed by atoms with Gasteiger partial charge in [0.15, 0.2) is 11.5 Å². The SMILES string of the molecule is COc1ccc(CCNC(=O)c2ccc(NC(=O)C(C)(C)C)cc2)cc1OC. The van der Waals surface area contributed by atoms with E-state index in [9.17, 15) is 9.59 Å². The van der Waals surface area contributed by atoms with Crippen LogP contribution in [0.15, 0.2) is 42.5 Å². The zero-order chi connectivity index (χ0) is 20.7. The number of ether oxygens (including phenoxy) is 2. The third kappa shape index (κ3) is 5.74. The van der Waals surface area contributed by atoms with E-state index in [0.29, 0.717) is 35.7 Å². The molecule has 28 heavy (non-hydrogen) atoms. The summed E-state index contributed by atoms with van der Waals surface area (Å²) >= 11 is 0. The zero-order valence-corrected chi connectivity index (χ0v) is 17.1. The van der Waals surface area contributed by atoms with Crippen LogP contribution in [0.3, 0.4) is 0 Å². The van der Waals surface area contributed by atoms with Crippen molar-refractivity contribution in [3.05, 3.63) is 53.6 Å². The highest BCUT2D eigenvalue weighted by molar-refractivity contribution is 5.97. The molecule has 0 aliphatic heterocycles. The van der Waals surface area contributed by atoms with E-state index < -0.39 is 5.41 Å². The van der Waals surface area contributed by atoms with Crippen molar-refractivity contribution in [1.82, 2.24) is 5.32 Å². The molecule has 0 fully saturated rings. The number of hydrogen-bond donors (Lipinski definition) is 2. The van der Waals surface area contributed by atoms with E-state index in [2.05, 4.69) is 10.6 Å². The summed E-state index contributed by atoms with van der Waals surface area (Å²) in [4.78, 5) is 24.3. The van der Waals surface area contributed by atoms with Crippen molar-refractivity contribution >= 4 is 17.5 Å². The molecule has 0 unspecified atom stereocenters. The molecule has 2 amide bonds. The monoisotopic (exact) mass is 384 g/mol. The molecule has 0 aliphatic carbocycles. The summed E-state index contributed by atoms with van der Waals surface area (Å²) in [5.41, 5.74) is 1.78. The number of carbonyl (C=O) groups is 2. The summed E-state index contributed by atoms with van der Waals surface area (Å²) in [7, 11) is 3.19. The van der Waals surface area contributed by atoms with Crippen LogP contribution in [-0.2, 0) is 11.2 Å². The summed E-state index contributed by atoms with van der Waals surface area (Å²) < 4.78 is 10.5. The fourth-order valence-electron chi connectivity index (χ4n) is 2.48. The van der Waals surface area contributed by atoms with Crippen molar-refractivity contribution in [1.29, 1.82) is 0 Å². The van der Waals surface area contributed by atoms with Crippen LogP contribution < -0.4 is 20.1 Å². The van der Waals surface area contributed by atoms with Gasteiger partial charge in [0.2, 0.25) is 5.91 Å². The van der Waals surface area contributed by atoms with Gasteiger partial charge in [-0.3, -0.25) is 9.59 Å². The predicted molar refractivity (Wildman–Crippen MR) is 110 cm³/mol. The molecule has 0 heterocycles. The molecule has 0 aliphatic rings. The average molecular weight is 384 g/mol. The molecule has 0 saturated carbocycles. The second-order valence-corrected chi connectivity index (χ2v) is 7.48. The van der Waals surface area contributed by atoms with Crippen LogP contribution in [0.25, 0.3) is 0 Å². The molecular formula is C22H28N2O4. The molecule has 0 atom stereocenters. The molecule has 6 nitrogen and oxygen atoms in total. The van der Waals surface area contributed by atoms with Crippen molar-refractivity contribution in [2.75, 3.05) is 26.1 Å². The predicted octanol–water partition coefficient (Wildman–Crippen LogP) is 3.66. The summed E-state index contributed by atoms with van der Waals surface area (Å²) in [6.45, 7) is 6.05. The zero-order valence-electron chi connectivity index (χ0n) is 17.1. The number of nitrogens with one attached hydrogen (secondary N) is 2. The standard InChI is InChI=1S/C22H28N2O4/c1-22(2,3)21(26)24-17-9-7-16(8-10-17)20(25)23-13-12-15-6-11-18(27-4)19(14-15)28-5/h6-11,14H,12-13H2,1-5H3,(H,23,25)(H,24,26). The number of amides is 2. The molecule has 0 aromatic heterocycles. The molecule has 0 bridgehead atoms. The topological polar surface area (TPSA) is 76.7 Å². The van der Waals surface area contributed by atoms with Gasteiger partial charge >= 0.3 is 0 Å². The second-order valence-electron chi connectivity index (χ2n) is 7.48. The van der Waals surface area contributed by atoms with Crippen LogP contribution in [-0.4, -0.2) is 32.6 Å². The van der Waals surface area contributed by atoms with Crippen molar-refractivity contribution < 1.29 is 19.1 Å². The lowest BCUT2D eigenvalue weighted by Gasteiger charge is -2.17. The molecule has 0 radical (unpaired) electrons. The van der Waals surface area contributed by atoms with Gasteiger partial charge in [0.25, 0.3) is 5.91 Å². The van der Waals surface area contributed by atoms with Crippen LogP contribution in [0.4, 0.5) is 5.69 Å². The molecule has 2 rings (SSSR count). The lowest BCUT2D eigenvalue weighted by Crippen LogP contribution is -2.28. The highest BCUT2D eigenvalue weighted by atomic mass is 16.5. The van der Waals surface area contributed by atoms with E-state index in [1.54, 1.807) is 38.5 Å². The van der Waals surface area contributed by atoms with E-state index in [4.69, 9.17) is 9.47 Å². The maximum atomic E-state index is 12.3. The van der Waals surface area contributed by atoms with Gasteiger partial charge in [-0.25, -0.2) is 0 Å². The van der Waals surface area contributed by atoms with Crippen molar-refractivity contribution in [3.8, 4) is 11.5 Å². The first-order valence-corrected chi connectivity index (χ1v) is 9.15. The third-order valence-corrected chi connectivity index (χ3v) is 4.23. The summed E-state index contributed by atoms with van der Waals surface area (Å²) in [6, 6.07) is 12.5. The van der Waals surface area contributed by atoms with Crippen molar-refractivity contribution in [3.63, 3.8) is 0 Å². The van der Waals surface area contributed by atoms with Gasteiger partial charge in [-0.2, -0.15) is 0 Å². The van der Waals surface area contributed by atoms with Crippen molar-refractivity contribution in [2.45, 2.75) is 27.2 Å². The summed E-state index contributed by atoms with van der Waals surface area (Å²) in [6.07, 6.45) is 0.672. The number of anilines is 1. The van der Waals surface area contributed by atoms with Gasteiger partial charge in [-0.15, -0.1) is 0 Å². The van der Waals surface area contributed by atoms with Crippen LogP contribution in [0.2, 0.25) is 0 Å². The highest BCUT2D eigenvalue weighted by Crippen LogP contribution is 2.27. The fourth-order valence-corrected chi connectivity index (χ4v) is 2.48. The number of benzene rings is 2. The Balaban J connectivity index is 1.89. The maximum absolute atomic E-state index is 12.3. The van der Waals surface area contributed by atoms with Crippen LogP contribution in [0.1, 0.15) is 36.7 Å². The maximum Gasteiger partial charge on any atom is 0.251 e. The second kappa shape index (κ2) is 9.26. The quantitative estimate of drug-likeness (QED) is 0.764. The van der Waals surface area contributed by atoms with Gasteiger partial charge in [-0.05, 0) is 48.4 Å². The summed E-state index contributed by atoms with van der Waals surface area (Å²) in [5, 5.41) is 5.74. The van der Waals surface area contributed by atoms with Crippen molar-refractivity contribution in [2.24, 2.45) is 5.41 Å². The first kappa shape index (κ1) is 21.3. The minimum Gasteiger partial charge on any atom is -0.493 e. The Labute approximate surface area is 166 Å². The minimum absolute atomic E-state index is 0.0698. The Morgan fingerprint density at radius 1 is 0.929 bits per heavy atom. The average Bonchev–Trinajstić information content (AvgIpc) is 2.67. The molecule has 0 saturated heterocycles. The van der Waals surface area contributed by atoms with E-state index in [0.717, 1.165) is 5.56 Å². The molecule has 2 N–H and O–H groups in total. The Morgan fingerprint density at radius 2 is 1.57 bits per heavy atom. The highest BCUT2D eigenvalue weighted by Gasteiger charge is 2.21. The van der Waals surface area contributed by atoms with Gasteiger partial charge in [-0.1, -0.05) is 26.8 Å². The van der Waals surface area contributed by atoms with Crippen LogP contribution >= 0.6 is 0 Å². The largest absolute Gasteiger partial charge is 0.493 e. The Hall–Kier alpha value is -3.02. The third-order valence-electron chi connectivity index (χ3n) is 4.23. The first-order chi connectivity index (χ1) is 13.2. The molecular weight excluding hydrogens is 356 g/mol. The lowest BCUT2D eigenvalue weighted by atomic mass is 9.95. The molecule has 0 spiro atoms. The first-order valence-electron chi connectivity index (χ1n) is 9.15. The molecule has 2 aromatic rings. The fraction of sp³-hybridized carbons (Fsp3) is 0.364. The van der Waals surface area contributed by atoms with Gasteiger partial charge < -0.3 is 20.1 Å². The Bertz CT molecular complexity index is 823. The van der Waals surface area contributed by atoms with E-state index in [-0.39, 0.29) is 11.8 Å². The van der Waals surface area contributed by atoms with Gasteiger partial charge in [0.05, 0.1) is 14.2 Å². The van der Waals surface area contributed by atoms with E-state index in [1.165, 1.54) is 0 Å². The molecule has 2 aromatic carbocycles. The lowest BCUT2D eigenvalue weighted by molar-refractivity contribution is -0.123. The van der Waals surface area contributed by atoms with E-state index >= 15 is 0 Å². The smallest absolute Gasteiger partial charge is 0.251 e. The Morgan fingerprint density at radius 3 is 2.14 bits per heavy atom. The van der Waals surface area contributed by atoms with Crippen LogP contribution in [0, 0.1) is 5.41 Å².